The van der Waals surface area contributed by atoms with Crippen LogP contribution in [0.2, 0.25) is 0 Å². The Balaban J connectivity index is 2.17. The number of hydrogen-bond donors (Lipinski definition) is 1. The lowest BCUT2D eigenvalue weighted by Gasteiger charge is -2.16. The molecule has 1 saturated carbocycles. The molecule has 0 amide bonds. The van der Waals surface area contributed by atoms with Gasteiger partial charge in [-0.2, -0.15) is 0 Å². The van der Waals surface area contributed by atoms with Gasteiger partial charge < -0.3 is 14.6 Å². The lowest BCUT2D eigenvalue weighted by Crippen LogP contribution is -2.11. The minimum atomic E-state index is -2.96. The van der Waals surface area contributed by atoms with E-state index < -0.39 is 11.5 Å². The molecule has 5 heteroatoms. The molecule has 92 valence electrons. The summed E-state index contributed by atoms with van der Waals surface area (Å²) in [7, 11) is 0. The summed E-state index contributed by atoms with van der Waals surface area (Å²) < 4.78 is 37.0. The molecule has 2 aliphatic rings. The fourth-order valence-corrected chi connectivity index (χ4v) is 2.00. The van der Waals surface area contributed by atoms with Crippen LogP contribution in [0.25, 0.3) is 0 Å². The Bertz CT molecular complexity index is 475. The van der Waals surface area contributed by atoms with Crippen LogP contribution in [0.15, 0.2) is 12.1 Å². The summed E-state index contributed by atoms with van der Waals surface area (Å²) in [6.07, 6.45) is 1.14. The molecule has 0 aromatic heterocycles. The topological polar surface area (TPSA) is 38.7 Å². The van der Waals surface area contributed by atoms with Gasteiger partial charge in [0.05, 0.1) is 5.60 Å². The molecule has 0 atom stereocenters. The van der Waals surface area contributed by atoms with E-state index in [4.69, 9.17) is 9.47 Å². The Morgan fingerprint density at radius 3 is 2.59 bits per heavy atom. The summed E-state index contributed by atoms with van der Waals surface area (Å²) in [5.74, 6) is -2.27. The van der Waals surface area contributed by atoms with Gasteiger partial charge in [0, 0.05) is 18.1 Å². The maximum absolute atomic E-state index is 13.3. The van der Waals surface area contributed by atoms with Gasteiger partial charge in [0.2, 0.25) is 6.79 Å². The number of hydrogen-bond acceptors (Lipinski definition) is 3. The number of halogens is 2. The zero-order valence-electron chi connectivity index (χ0n) is 9.30. The van der Waals surface area contributed by atoms with Gasteiger partial charge in [-0.05, 0) is 25.0 Å². The fraction of sp³-hybridized carbons (Fsp3) is 0.500. The zero-order chi connectivity index (χ0) is 12.3. The van der Waals surface area contributed by atoms with Crippen molar-refractivity contribution in [1.29, 1.82) is 0 Å². The monoisotopic (exact) mass is 242 g/mol. The van der Waals surface area contributed by atoms with Crippen LogP contribution in [-0.4, -0.2) is 11.9 Å². The van der Waals surface area contributed by atoms with Gasteiger partial charge >= 0.3 is 0 Å². The average molecular weight is 242 g/mol. The summed E-state index contributed by atoms with van der Waals surface area (Å²) in [5.41, 5.74) is -0.750. The molecular formula is C12H12F2O3. The molecule has 1 aliphatic carbocycles. The first-order valence-electron chi connectivity index (χ1n) is 5.45. The van der Waals surface area contributed by atoms with Gasteiger partial charge in [-0.1, -0.05) is 0 Å². The van der Waals surface area contributed by atoms with Gasteiger partial charge in [0.1, 0.15) is 0 Å². The fourth-order valence-electron chi connectivity index (χ4n) is 2.00. The Labute approximate surface area is 97.0 Å². The van der Waals surface area contributed by atoms with E-state index in [1.807, 2.05) is 0 Å². The van der Waals surface area contributed by atoms with Crippen molar-refractivity contribution in [2.45, 2.75) is 31.3 Å². The summed E-state index contributed by atoms with van der Waals surface area (Å²) in [6.45, 7) is 0.836. The van der Waals surface area contributed by atoms with E-state index in [0.29, 0.717) is 29.9 Å². The predicted octanol–water partition coefficient (Wildman–Crippen LogP) is 2.51. The van der Waals surface area contributed by atoms with Crippen LogP contribution < -0.4 is 9.47 Å². The minimum Gasteiger partial charge on any atom is -0.454 e. The smallest absolute Gasteiger partial charge is 0.270 e. The third-order valence-electron chi connectivity index (χ3n) is 3.20. The van der Waals surface area contributed by atoms with Gasteiger partial charge in [-0.3, -0.25) is 0 Å². The van der Waals surface area contributed by atoms with Crippen molar-refractivity contribution in [3.05, 3.63) is 23.3 Å². The highest BCUT2D eigenvalue weighted by Crippen LogP contribution is 2.53. The molecule has 0 radical (unpaired) electrons. The maximum Gasteiger partial charge on any atom is 0.270 e. The normalized spacial score (nSPS) is 20.5. The van der Waals surface area contributed by atoms with Crippen LogP contribution in [-0.2, 0) is 11.5 Å². The largest absolute Gasteiger partial charge is 0.454 e. The van der Waals surface area contributed by atoms with Crippen LogP contribution in [0.1, 0.15) is 30.9 Å². The maximum atomic E-state index is 13.3. The first-order valence-corrected chi connectivity index (χ1v) is 5.45. The van der Waals surface area contributed by atoms with E-state index in [9.17, 15) is 13.9 Å². The van der Waals surface area contributed by atoms with Crippen molar-refractivity contribution < 1.29 is 23.4 Å². The molecule has 1 aliphatic heterocycles. The molecular weight excluding hydrogens is 230 g/mol. The lowest BCUT2D eigenvalue weighted by atomic mass is 9.99. The van der Waals surface area contributed by atoms with Crippen molar-refractivity contribution >= 4 is 0 Å². The molecule has 0 unspecified atom stereocenters. The van der Waals surface area contributed by atoms with E-state index in [-0.39, 0.29) is 12.4 Å². The molecule has 0 spiro atoms. The first kappa shape index (κ1) is 10.8. The number of rotatable bonds is 2. The van der Waals surface area contributed by atoms with E-state index in [1.54, 1.807) is 0 Å². The minimum absolute atomic E-state index is 0.0111. The molecule has 3 nitrogen and oxygen atoms in total. The van der Waals surface area contributed by atoms with E-state index in [1.165, 1.54) is 12.1 Å². The Kier molecular flexibility index (Phi) is 1.96. The molecule has 1 aromatic carbocycles. The highest BCUT2D eigenvalue weighted by atomic mass is 19.3. The standard InChI is InChI=1S/C12H12F2O3/c1-11(13,14)7-4-8(12(15)2-3-12)10-9(5-7)16-6-17-10/h4-5,15H,2-3,6H2,1H3. The van der Waals surface area contributed by atoms with Gasteiger partial charge in [-0.25, -0.2) is 8.78 Å². The molecule has 17 heavy (non-hydrogen) atoms. The molecule has 3 rings (SSSR count). The lowest BCUT2D eigenvalue weighted by molar-refractivity contribution is 0.0169. The molecule has 1 heterocycles. The Morgan fingerprint density at radius 1 is 1.29 bits per heavy atom. The summed E-state index contributed by atoms with van der Waals surface area (Å²) in [4.78, 5) is 0. The Hall–Kier alpha value is -1.36. The summed E-state index contributed by atoms with van der Waals surface area (Å²) in [6, 6.07) is 2.60. The van der Waals surface area contributed by atoms with Crippen molar-refractivity contribution in [2.24, 2.45) is 0 Å². The van der Waals surface area contributed by atoms with Gasteiger partial charge in [0.15, 0.2) is 11.5 Å². The predicted molar refractivity (Wildman–Crippen MR) is 55.3 cm³/mol. The van der Waals surface area contributed by atoms with E-state index >= 15 is 0 Å². The van der Waals surface area contributed by atoms with Crippen LogP contribution in [0, 0.1) is 0 Å². The first-order chi connectivity index (χ1) is 7.90. The third-order valence-corrected chi connectivity index (χ3v) is 3.20. The van der Waals surface area contributed by atoms with Crippen LogP contribution >= 0.6 is 0 Å². The zero-order valence-corrected chi connectivity index (χ0v) is 9.30. The SMILES string of the molecule is CC(F)(F)c1cc2c(c(C3(O)CC3)c1)OCO2. The second-order valence-electron chi connectivity index (χ2n) is 4.68. The highest BCUT2D eigenvalue weighted by Gasteiger charge is 2.47. The van der Waals surface area contributed by atoms with Crippen LogP contribution in [0.4, 0.5) is 8.78 Å². The van der Waals surface area contributed by atoms with Crippen molar-refractivity contribution in [3.8, 4) is 11.5 Å². The van der Waals surface area contributed by atoms with Crippen LogP contribution in [0.5, 0.6) is 11.5 Å². The van der Waals surface area contributed by atoms with Crippen LogP contribution in [0.3, 0.4) is 0 Å². The quantitative estimate of drug-likeness (QED) is 0.866. The van der Waals surface area contributed by atoms with Gasteiger partial charge in [-0.15, -0.1) is 0 Å². The van der Waals surface area contributed by atoms with E-state index in [0.717, 1.165) is 6.92 Å². The average Bonchev–Trinajstić information content (AvgIpc) is 2.81. The molecule has 0 saturated heterocycles. The number of aliphatic hydroxyl groups is 1. The Morgan fingerprint density at radius 2 is 2.00 bits per heavy atom. The van der Waals surface area contributed by atoms with E-state index in [2.05, 4.69) is 0 Å². The number of alkyl halides is 2. The summed E-state index contributed by atoms with van der Waals surface area (Å²) >= 11 is 0. The number of ether oxygens (including phenoxy) is 2. The molecule has 1 fully saturated rings. The van der Waals surface area contributed by atoms with Crippen molar-refractivity contribution in [1.82, 2.24) is 0 Å². The highest BCUT2D eigenvalue weighted by molar-refractivity contribution is 5.55. The second kappa shape index (κ2) is 3.10. The molecule has 1 aromatic rings. The van der Waals surface area contributed by atoms with Crippen molar-refractivity contribution in [3.63, 3.8) is 0 Å². The van der Waals surface area contributed by atoms with Gasteiger partial charge in [0.25, 0.3) is 5.92 Å². The number of fused-ring (bicyclic) bond motifs is 1. The number of benzene rings is 1. The molecule has 0 bridgehead atoms. The molecule has 1 N–H and O–H groups in total. The summed E-state index contributed by atoms with van der Waals surface area (Å²) in [5, 5.41) is 10.1. The van der Waals surface area contributed by atoms with Crippen molar-refractivity contribution in [2.75, 3.05) is 6.79 Å². The third kappa shape index (κ3) is 1.65. The second-order valence-corrected chi connectivity index (χ2v) is 4.68.